The summed E-state index contributed by atoms with van der Waals surface area (Å²) in [6.07, 6.45) is 11.6. The molecule has 14 heteroatoms. The number of hydrogen-bond acceptors (Lipinski definition) is 8. The molecule has 0 unspecified atom stereocenters. The number of aromatic nitrogens is 2. The van der Waals surface area contributed by atoms with Crippen molar-refractivity contribution in [2.45, 2.75) is 154 Å². The molecule has 2 fully saturated rings. The van der Waals surface area contributed by atoms with Crippen molar-refractivity contribution in [3.63, 3.8) is 0 Å². The first-order valence-electron chi connectivity index (χ1n) is 21.5. The number of pyridine rings is 2. The summed E-state index contributed by atoms with van der Waals surface area (Å²) in [5.41, 5.74) is 1.42. The number of rotatable bonds is 19. The van der Waals surface area contributed by atoms with E-state index >= 15 is 0 Å². The third kappa shape index (κ3) is 14.5. The number of amides is 6. The van der Waals surface area contributed by atoms with Crippen LogP contribution in [0.2, 0.25) is 0 Å². The van der Waals surface area contributed by atoms with E-state index in [0.717, 1.165) is 64.2 Å². The van der Waals surface area contributed by atoms with E-state index in [1.807, 2.05) is 52.0 Å². The van der Waals surface area contributed by atoms with Gasteiger partial charge in [0.25, 0.3) is 0 Å². The molecular formula is C44H70N8O6. The van der Waals surface area contributed by atoms with E-state index in [2.05, 4.69) is 31.2 Å². The summed E-state index contributed by atoms with van der Waals surface area (Å²) in [5, 5.41) is 36.1. The van der Waals surface area contributed by atoms with E-state index in [9.17, 15) is 29.4 Å². The molecule has 2 aliphatic carbocycles. The van der Waals surface area contributed by atoms with E-state index in [1.165, 1.54) is 9.80 Å². The lowest BCUT2D eigenvalue weighted by Gasteiger charge is -2.38. The number of carbonyl (C=O) groups is 4. The zero-order valence-electron chi connectivity index (χ0n) is 35.6. The molecular weight excluding hydrogens is 737 g/mol. The van der Waals surface area contributed by atoms with Crippen LogP contribution in [0.5, 0.6) is 0 Å². The van der Waals surface area contributed by atoms with Crippen LogP contribution in [0.1, 0.15) is 116 Å². The summed E-state index contributed by atoms with van der Waals surface area (Å²) < 4.78 is 0. The fraction of sp³-hybridized carbons (Fsp3) is 0.682. The summed E-state index contributed by atoms with van der Waals surface area (Å²) >= 11 is 0. The zero-order chi connectivity index (χ0) is 42.2. The average molecular weight is 807 g/mol. The van der Waals surface area contributed by atoms with Crippen molar-refractivity contribution < 1.29 is 29.4 Å². The molecule has 0 aromatic carbocycles. The SMILES string of the molecule is CC(C)[C@H](NC(=O)N(C)Cc1ccccn1)C(=O)N[C@@H](CC1CCCCC1)[C@H](O)[C@@H](O)[C@H](CC1CCCCC1)NC(=O)[C@@H](NC(=O)N(C)Cc1ccccn1)C(C)C. The number of hydrogen-bond donors (Lipinski definition) is 6. The number of nitrogens with one attached hydrogen (secondary N) is 4. The molecule has 6 N–H and O–H groups in total. The van der Waals surface area contributed by atoms with Crippen molar-refractivity contribution in [1.82, 2.24) is 41.0 Å². The molecule has 6 atom stereocenters. The number of urea groups is 2. The Kier molecular flexibility index (Phi) is 18.7. The topological polar surface area (TPSA) is 189 Å². The quantitative estimate of drug-likeness (QED) is 0.113. The number of carbonyl (C=O) groups excluding carboxylic acids is 4. The molecule has 2 aliphatic rings. The van der Waals surface area contributed by atoms with Crippen LogP contribution in [0.25, 0.3) is 0 Å². The van der Waals surface area contributed by atoms with Gasteiger partial charge in [0.05, 0.1) is 36.6 Å². The standard InChI is InChI=1S/C44H70N8O6/c1-29(2)37(49-43(57)51(5)27-33-21-13-15-23-45-33)41(55)47-35(25-31-17-9-7-10-18-31)39(53)40(54)36(26-32-19-11-8-12-20-32)48-42(56)38(30(3)4)50-44(58)52(6)28-34-22-14-16-24-46-34/h13-16,21-24,29-32,35-40,53-54H,7-12,17-20,25-28H2,1-6H3,(H,47,55)(H,48,56)(H,49,57)(H,50,58)/t35-,36-,37-,38-,39-,40-/m0/s1. The van der Waals surface area contributed by atoms with Gasteiger partial charge in [-0.15, -0.1) is 0 Å². The number of nitrogens with zero attached hydrogens (tertiary/aromatic N) is 4. The Morgan fingerprint density at radius 1 is 0.603 bits per heavy atom. The fourth-order valence-electron chi connectivity index (χ4n) is 8.32. The Bertz CT molecular complexity index is 1440. The average Bonchev–Trinajstić information content (AvgIpc) is 3.21. The zero-order valence-corrected chi connectivity index (χ0v) is 35.6. The normalized spacial score (nSPS) is 18.3. The van der Waals surface area contributed by atoms with Gasteiger partial charge in [0, 0.05) is 26.5 Å². The maximum absolute atomic E-state index is 14.1. The molecule has 2 aromatic rings. The Balaban J connectivity index is 1.52. The first-order valence-corrected chi connectivity index (χ1v) is 21.5. The van der Waals surface area contributed by atoms with Gasteiger partial charge in [-0.2, -0.15) is 0 Å². The van der Waals surface area contributed by atoms with E-state index in [-0.39, 0.29) is 36.8 Å². The monoisotopic (exact) mass is 807 g/mol. The molecule has 14 nitrogen and oxygen atoms in total. The van der Waals surface area contributed by atoms with Gasteiger partial charge < -0.3 is 41.3 Å². The Morgan fingerprint density at radius 3 is 1.28 bits per heavy atom. The summed E-state index contributed by atoms with van der Waals surface area (Å²) in [6.45, 7) is 7.90. The van der Waals surface area contributed by atoms with Crippen LogP contribution in [0.4, 0.5) is 9.59 Å². The molecule has 2 aromatic heterocycles. The molecule has 6 amide bonds. The van der Waals surface area contributed by atoms with Gasteiger partial charge in [0.2, 0.25) is 11.8 Å². The minimum Gasteiger partial charge on any atom is -0.388 e. The summed E-state index contributed by atoms with van der Waals surface area (Å²) in [6, 6.07) is 6.56. The summed E-state index contributed by atoms with van der Waals surface area (Å²) in [4.78, 5) is 66.4. The molecule has 0 spiro atoms. The van der Waals surface area contributed by atoms with Crippen molar-refractivity contribution in [1.29, 1.82) is 0 Å². The van der Waals surface area contributed by atoms with E-state index in [1.54, 1.807) is 38.6 Å². The fourth-order valence-corrected chi connectivity index (χ4v) is 8.32. The van der Waals surface area contributed by atoms with Crippen LogP contribution >= 0.6 is 0 Å². The molecule has 322 valence electrons. The number of aliphatic hydroxyl groups excluding tert-OH is 2. The molecule has 4 rings (SSSR count). The van der Waals surface area contributed by atoms with E-state index in [4.69, 9.17) is 0 Å². The molecule has 0 radical (unpaired) electrons. The molecule has 0 bridgehead atoms. The van der Waals surface area contributed by atoms with Crippen molar-refractivity contribution >= 4 is 23.9 Å². The van der Waals surface area contributed by atoms with Crippen LogP contribution in [-0.2, 0) is 22.7 Å². The van der Waals surface area contributed by atoms with Crippen LogP contribution in [-0.4, -0.2) is 104 Å². The molecule has 0 aliphatic heterocycles. The van der Waals surface area contributed by atoms with Crippen LogP contribution in [0.15, 0.2) is 48.8 Å². The highest BCUT2D eigenvalue weighted by molar-refractivity contribution is 5.88. The summed E-state index contributed by atoms with van der Waals surface area (Å²) in [7, 11) is 3.28. The maximum atomic E-state index is 14.1. The summed E-state index contributed by atoms with van der Waals surface area (Å²) in [5.74, 6) is -1.01. The molecule has 2 heterocycles. The minimum absolute atomic E-state index is 0.229. The van der Waals surface area contributed by atoms with Gasteiger partial charge in [-0.3, -0.25) is 19.6 Å². The Hall–Kier alpha value is -4.30. The number of aliphatic hydroxyl groups is 2. The third-order valence-corrected chi connectivity index (χ3v) is 11.9. The van der Waals surface area contributed by atoms with Gasteiger partial charge in [0.1, 0.15) is 24.3 Å². The lowest BCUT2D eigenvalue weighted by molar-refractivity contribution is -0.129. The smallest absolute Gasteiger partial charge is 0.318 e. The second-order valence-electron chi connectivity index (χ2n) is 17.4. The van der Waals surface area contributed by atoms with E-state index in [0.29, 0.717) is 24.2 Å². The highest BCUT2D eigenvalue weighted by Crippen LogP contribution is 2.31. The molecule has 0 saturated heterocycles. The van der Waals surface area contributed by atoms with Crippen molar-refractivity contribution in [2.75, 3.05) is 14.1 Å². The predicted molar refractivity (Wildman–Crippen MR) is 224 cm³/mol. The Labute approximate surface area is 345 Å². The second kappa shape index (κ2) is 23.3. The van der Waals surface area contributed by atoms with Gasteiger partial charge in [0.15, 0.2) is 0 Å². The first kappa shape index (κ1) is 46.4. The third-order valence-electron chi connectivity index (χ3n) is 11.9. The van der Waals surface area contributed by atoms with Crippen molar-refractivity contribution in [2.24, 2.45) is 23.7 Å². The van der Waals surface area contributed by atoms with Gasteiger partial charge in [-0.05, 0) is 60.8 Å². The van der Waals surface area contributed by atoms with Crippen LogP contribution in [0, 0.1) is 23.7 Å². The Morgan fingerprint density at radius 2 is 0.966 bits per heavy atom. The lowest BCUT2D eigenvalue weighted by atomic mass is 9.80. The van der Waals surface area contributed by atoms with Gasteiger partial charge in [-0.25, -0.2) is 9.59 Å². The second-order valence-corrected chi connectivity index (χ2v) is 17.4. The highest BCUT2D eigenvalue weighted by Gasteiger charge is 2.39. The largest absolute Gasteiger partial charge is 0.388 e. The molecule has 2 saturated carbocycles. The van der Waals surface area contributed by atoms with Crippen molar-refractivity contribution in [3.05, 3.63) is 60.2 Å². The first-order chi connectivity index (χ1) is 27.7. The van der Waals surface area contributed by atoms with Gasteiger partial charge >= 0.3 is 12.1 Å². The van der Waals surface area contributed by atoms with Crippen molar-refractivity contribution in [3.8, 4) is 0 Å². The lowest BCUT2D eigenvalue weighted by Crippen LogP contribution is -2.61. The molecule has 58 heavy (non-hydrogen) atoms. The predicted octanol–water partition coefficient (Wildman–Crippen LogP) is 5.14. The van der Waals surface area contributed by atoms with Crippen LogP contribution < -0.4 is 21.3 Å². The highest BCUT2D eigenvalue weighted by atomic mass is 16.3. The van der Waals surface area contributed by atoms with E-state index < -0.39 is 60.3 Å². The maximum Gasteiger partial charge on any atom is 0.318 e. The van der Waals surface area contributed by atoms with Crippen LogP contribution in [0.3, 0.4) is 0 Å². The van der Waals surface area contributed by atoms with Gasteiger partial charge in [-0.1, -0.05) is 104 Å². The minimum atomic E-state index is -1.42.